The van der Waals surface area contributed by atoms with Crippen LogP contribution in [-0.4, -0.2) is 30.5 Å². The second-order valence-corrected chi connectivity index (χ2v) is 4.45. The highest BCUT2D eigenvalue weighted by molar-refractivity contribution is 5.92. The van der Waals surface area contributed by atoms with E-state index in [9.17, 15) is 18.0 Å². The minimum atomic E-state index is -4.79. The molecule has 21 heavy (non-hydrogen) atoms. The predicted molar refractivity (Wildman–Crippen MR) is 71.4 cm³/mol. The quantitative estimate of drug-likeness (QED) is 0.793. The van der Waals surface area contributed by atoms with Gasteiger partial charge in [-0.2, -0.15) is 0 Å². The van der Waals surface area contributed by atoms with Crippen LogP contribution in [0, 0.1) is 5.92 Å². The third-order valence-corrected chi connectivity index (χ3v) is 2.50. The lowest BCUT2D eigenvalue weighted by Crippen LogP contribution is -2.27. The summed E-state index contributed by atoms with van der Waals surface area (Å²) in [5.74, 6) is -0.932. The van der Waals surface area contributed by atoms with Gasteiger partial charge in [0.2, 0.25) is 5.91 Å². The molecule has 1 amide bonds. The van der Waals surface area contributed by atoms with Gasteiger partial charge in [0, 0.05) is 24.8 Å². The van der Waals surface area contributed by atoms with Crippen molar-refractivity contribution in [2.24, 2.45) is 5.92 Å². The summed E-state index contributed by atoms with van der Waals surface area (Å²) in [6.45, 7) is 1.96. The smallest absolute Gasteiger partial charge is 0.405 e. The Morgan fingerprint density at radius 3 is 2.71 bits per heavy atom. The molecule has 0 spiro atoms. The summed E-state index contributed by atoms with van der Waals surface area (Å²) in [7, 11) is 0. The molecule has 0 saturated carbocycles. The topological polar surface area (TPSA) is 58.6 Å². The van der Waals surface area contributed by atoms with Crippen LogP contribution in [0.5, 0.6) is 5.75 Å². The number of nitrogens with one attached hydrogen (secondary N) is 1. The van der Waals surface area contributed by atoms with Crippen molar-refractivity contribution >= 4 is 12.0 Å². The van der Waals surface area contributed by atoms with Crippen LogP contribution in [0.3, 0.4) is 0 Å². The van der Waals surface area contributed by atoms with Crippen molar-refractivity contribution in [2.75, 3.05) is 13.2 Å². The molecule has 4 nitrogen and oxygen atoms in total. The Morgan fingerprint density at radius 1 is 1.43 bits per heavy atom. The predicted octanol–water partition coefficient (Wildman–Crippen LogP) is 2.34. The van der Waals surface area contributed by atoms with Gasteiger partial charge < -0.3 is 15.2 Å². The first-order valence-corrected chi connectivity index (χ1v) is 6.23. The van der Waals surface area contributed by atoms with Gasteiger partial charge in [0.15, 0.2) is 0 Å². The maximum Gasteiger partial charge on any atom is 0.573 e. The summed E-state index contributed by atoms with van der Waals surface area (Å²) in [6.07, 6.45) is -2.44. The molecular weight excluding hydrogens is 287 g/mol. The number of rotatable bonds is 6. The van der Waals surface area contributed by atoms with Crippen LogP contribution in [0.25, 0.3) is 6.08 Å². The van der Waals surface area contributed by atoms with E-state index < -0.39 is 12.3 Å². The number of hydrogen-bond donors (Lipinski definition) is 2. The van der Waals surface area contributed by atoms with E-state index in [0.717, 1.165) is 6.08 Å². The van der Waals surface area contributed by atoms with E-state index in [2.05, 4.69) is 10.1 Å². The van der Waals surface area contributed by atoms with Gasteiger partial charge >= 0.3 is 6.36 Å². The third-order valence-electron chi connectivity index (χ3n) is 2.50. The minimum Gasteiger partial charge on any atom is -0.405 e. The summed E-state index contributed by atoms with van der Waals surface area (Å²) in [5.41, 5.74) is 0.139. The Morgan fingerprint density at radius 2 is 2.10 bits per heavy atom. The van der Waals surface area contributed by atoms with Gasteiger partial charge in [-0.3, -0.25) is 4.79 Å². The zero-order valence-electron chi connectivity index (χ0n) is 11.4. The van der Waals surface area contributed by atoms with Gasteiger partial charge in [0.25, 0.3) is 0 Å². The maximum absolute atomic E-state index is 12.2. The average molecular weight is 303 g/mol. The Labute approximate surface area is 120 Å². The molecular formula is C14H16F3NO3. The fourth-order valence-electron chi connectivity index (χ4n) is 1.40. The molecule has 0 radical (unpaired) electrons. The van der Waals surface area contributed by atoms with Gasteiger partial charge in [-0.15, -0.1) is 13.2 Å². The van der Waals surface area contributed by atoms with Crippen molar-refractivity contribution < 1.29 is 27.8 Å². The lowest BCUT2D eigenvalue weighted by molar-refractivity contribution is -0.274. The number of halogens is 3. The number of amides is 1. The summed E-state index contributed by atoms with van der Waals surface area (Å²) < 4.78 is 40.5. The van der Waals surface area contributed by atoms with Crippen LogP contribution in [-0.2, 0) is 4.79 Å². The van der Waals surface area contributed by atoms with Crippen LogP contribution in [0.2, 0.25) is 0 Å². The van der Waals surface area contributed by atoms with Gasteiger partial charge in [-0.05, 0) is 18.1 Å². The summed E-state index contributed by atoms with van der Waals surface area (Å²) >= 11 is 0. The van der Waals surface area contributed by atoms with E-state index in [0.29, 0.717) is 0 Å². The molecule has 1 aromatic carbocycles. The first kappa shape index (κ1) is 17.0. The highest BCUT2D eigenvalue weighted by atomic mass is 19.4. The van der Waals surface area contributed by atoms with Crippen LogP contribution in [0.4, 0.5) is 13.2 Å². The number of hydrogen-bond acceptors (Lipinski definition) is 3. The van der Waals surface area contributed by atoms with Crippen LogP contribution in [0.15, 0.2) is 30.3 Å². The van der Waals surface area contributed by atoms with Crippen LogP contribution in [0.1, 0.15) is 12.5 Å². The Bertz CT molecular complexity index is 500. The van der Waals surface area contributed by atoms with E-state index in [1.165, 1.54) is 30.3 Å². The van der Waals surface area contributed by atoms with Crippen molar-refractivity contribution in [3.8, 4) is 5.75 Å². The van der Waals surface area contributed by atoms with Crippen LogP contribution < -0.4 is 10.1 Å². The number of aliphatic hydroxyl groups excluding tert-OH is 1. The number of aliphatic hydroxyl groups is 1. The molecule has 0 heterocycles. The summed E-state index contributed by atoms with van der Waals surface area (Å²) in [4.78, 5) is 11.5. The van der Waals surface area contributed by atoms with Gasteiger partial charge in [0.05, 0.1) is 0 Å². The van der Waals surface area contributed by atoms with Crippen LogP contribution >= 0.6 is 0 Å². The number of benzene rings is 1. The molecule has 0 fully saturated rings. The van der Waals surface area contributed by atoms with E-state index in [-0.39, 0.29) is 30.4 Å². The van der Waals surface area contributed by atoms with Crippen molar-refractivity contribution in [1.82, 2.24) is 5.32 Å². The molecule has 1 aromatic rings. The fraction of sp³-hybridized carbons (Fsp3) is 0.357. The van der Waals surface area contributed by atoms with Gasteiger partial charge in [0.1, 0.15) is 5.75 Å². The second kappa shape index (κ2) is 7.68. The standard InChI is InChI=1S/C14H16F3NO3/c1-10(9-19)8-18-13(20)7-6-11-4-2-3-5-12(11)21-14(15,16)17/h2-7,10,19H,8-9H2,1H3,(H,18,20)/b7-6+. The lowest BCUT2D eigenvalue weighted by atomic mass is 10.2. The van der Waals surface area contributed by atoms with E-state index in [1.807, 2.05) is 0 Å². The second-order valence-electron chi connectivity index (χ2n) is 4.45. The number of carbonyl (C=O) groups excluding carboxylic acids is 1. The summed E-state index contributed by atoms with van der Waals surface area (Å²) in [5, 5.41) is 11.3. The number of ether oxygens (including phenoxy) is 1. The largest absolute Gasteiger partial charge is 0.573 e. The lowest BCUT2D eigenvalue weighted by Gasteiger charge is -2.11. The average Bonchev–Trinajstić information content (AvgIpc) is 2.42. The molecule has 7 heteroatoms. The van der Waals surface area contributed by atoms with E-state index in [4.69, 9.17) is 5.11 Å². The molecule has 0 aliphatic rings. The molecule has 0 aliphatic carbocycles. The molecule has 1 unspecified atom stereocenters. The fourth-order valence-corrected chi connectivity index (χ4v) is 1.40. The van der Waals surface area contributed by atoms with E-state index in [1.54, 1.807) is 6.92 Å². The third kappa shape index (κ3) is 6.80. The Kier molecular flexibility index (Phi) is 6.23. The highest BCUT2D eigenvalue weighted by Crippen LogP contribution is 2.26. The number of para-hydroxylation sites is 1. The Hall–Kier alpha value is -2.02. The normalized spacial score (nSPS) is 13.2. The molecule has 116 valence electrons. The molecule has 1 rings (SSSR count). The van der Waals surface area contributed by atoms with Crippen molar-refractivity contribution in [2.45, 2.75) is 13.3 Å². The minimum absolute atomic E-state index is 0.0632. The van der Waals surface area contributed by atoms with E-state index >= 15 is 0 Å². The first-order chi connectivity index (χ1) is 9.81. The first-order valence-electron chi connectivity index (χ1n) is 6.23. The van der Waals surface area contributed by atoms with Crippen molar-refractivity contribution in [3.63, 3.8) is 0 Å². The zero-order chi connectivity index (χ0) is 15.9. The number of carbonyl (C=O) groups is 1. The molecule has 0 saturated heterocycles. The number of alkyl halides is 3. The van der Waals surface area contributed by atoms with Crippen molar-refractivity contribution in [3.05, 3.63) is 35.9 Å². The van der Waals surface area contributed by atoms with Gasteiger partial charge in [-0.1, -0.05) is 25.1 Å². The SMILES string of the molecule is CC(CO)CNC(=O)/C=C/c1ccccc1OC(F)(F)F. The molecule has 0 bridgehead atoms. The molecule has 0 aromatic heterocycles. The highest BCUT2D eigenvalue weighted by Gasteiger charge is 2.31. The molecule has 2 N–H and O–H groups in total. The molecule has 1 atom stereocenters. The Balaban J connectivity index is 2.69. The van der Waals surface area contributed by atoms with Gasteiger partial charge in [-0.25, -0.2) is 0 Å². The maximum atomic E-state index is 12.2. The monoisotopic (exact) mass is 303 g/mol. The summed E-state index contributed by atoms with van der Waals surface area (Å²) in [6, 6.07) is 5.51. The zero-order valence-corrected chi connectivity index (χ0v) is 11.4. The molecule has 0 aliphatic heterocycles. The van der Waals surface area contributed by atoms with Crippen molar-refractivity contribution in [1.29, 1.82) is 0 Å².